The van der Waals surface area contributed by atoms with E-state index in [-0.39, 0.29) is 0 Å². The molecule has 0 saturated heterocycles. The molecule has 0 bridgehead atoms. The molecule has 1 N–H and O–H groups in total. The molecule has 3 aromatic rings. The minimum absolute atomic E-state index is 0.751. The van der Waals surface area contributed by atoms with E-state index in [1.54, 1.807) is 18.9 Å². The third kappa shape index (κ3) is 4.60. The Balaban J connectivity index is 1.57. The van der Waals surface area contributed by atoms with Gasteiger partial charge in [-0.2, -0.15) is 0 Å². The summed E-state index contributed by atoms with van der Waals surface area (Å²) < 4.78 is 6.07. The van der Waals surface area contributed by atoms with Crippen LogP contribution in [0.5, 0.6) is 5.75 Å². The van der Waals surface area contributed by atoms with Crippen LogP contribution in [0.15, 0.2) is 52.9 Å². The van der Waals surface area contributed by atoms with Gasteiger partial charge in [0.25, 0.3) is 0 Å². The lowest BCUT2D eigenvalue weighted by Gasteiger charge is -2.03. The zero-order chi connectivity index (χ0) is 16.1. The molecule has 3 rings (SSSR count). The zero-order valence-electron chi connectivity index (χ0n) is 12.3. The fourth-order valence-corrected chi connectivity index (χ4v) is 3.70. The van der Waals surface area contributed by atoms with Gasteiger partial charge in [0.1, 0.15) is 5.75 Å². The van der Waals surface area contributed by atoms with Crippen molar-refractivity contribution in [2.75, 3.05) is 12.4 Å². The van der Waals surface area contributed by atoms with Crippen molar-refractivity contribution < 1.29 is 4.74 Å². The average Bonchev–Trinajstić information content (AvgIpc) is 3.02. The molecule has 0 unspecified atom stereocenters. The molecule has 0 amide bonds. The molecule has 23 heavy (non-hydrogen) atoms. The highest BCUT2D eigenvalue weighted by Gasteiger charge is 2.06. The van der Waals surface area contributed by atoms with Crippen molar-refractivity contribution in [2.24, 2.45) is 0 Å². The van der Waals surface area contributed by atoms with E-state index < -0.39 is 0 Å². The maximum atomic E-state index is 5.89. The Morgan fingerprint density at radius 1 is 1.09 bits per heavy atom. The molecule has 1 aromatic heterocycles. The van der Waals surface area contributed by atoms with E-state index in [1.165, 1.54) is 16.9 Å². The van der Waals surface area contributed by atoms with Gasteiger partial charge in [-0.05, 0) is 42.0 Å². The number of nitrogens with zero attached hydrogens (tertiary/aromatic N) is 2. The zero-order valence-corrected chi connectivity index (χ0v) is 14.7. The van der Waals surface area contributed by atoms with Crippen LogP contribution in [0.4, 0.5) is 10.8 Å². The molecular weight excluding hydrogens is 350 g/mol. The number of nitrogens with one attached hydrogen (secondary N) is 1. The van der Waals surface area contributed by atoms with Crippen LogP contribution in [0.2, 0.25) is 5.02 Å². The summed E-state index contributed by atoms with van der Waals surface area (Å²) in [7, 11) is 1.65. The maximum Gasteiger partial charge on any atom is 0.210 e. The number of methoxy groups -OCH3 is 1. The van der Waals surface area contributed by atoms with Gasteiger partial charge in [-0.25, -0.2) is 0 Å². The predicted molar refractivity (Wildman–Crippen MR) is 97.2 cm³/mol. The molecule has 0 spiro atoms. The first-order valence-electron chi connectivity index (χ1n) is 6.85. The average molecular weight is 364 g/mol. The number of thioether (sulfide) groups is 1. The van der Waals surface area contributed by atoms with E-state index in [1.807, 2.05) is 48.5 Å². The van der Waals surface area contributed by atoms with Gasteiger partial charge in [0.05, 0.1) is 7.11 Å². The van der Waals surface area contributed by atoms with E-state index >= 15 is 0 Å². The molecular formula is C16H14ClN3OS2. The van der Waals surface area contributed by atoms with Gasteiger partial charge >= 0.3 is 0 Å². The quantitative estimate of drug-likeness (QED) is 0.607. The number of hydrogen-bond acceptors (Lipinski definition) is 6. The van der Waals surface area contributed by atoms with E-state index in [0.29, 0.717) is 0 Å². The van der Waals surface area contributed by atoms with Gasteiger partial charge in [-0.15, -0.1) is 10.2 Å². The number of ether oxygens (including phenoxy) is 1. The van der Waals surface area contributed by atoms with Crippen molar-refractivity contribution >= 4 is 45.5 Å². The highest BCUT2D eigenvalue weighted by atomic mass is 35.5. The normalized spacial score (nSPS) is 10.5. The molecule has 0 fully saturated rings. The van der Waals surface area contributed by atoms with E-state index in [0.717, 1.165) is 31.7 Å². The fraction of sp³-hybridized carbons (Fsp3) is 0.125. The topological polar surface area (TPSA) is 47.0 Å². The SMILES string of the molecule is COc1ccc(Nc2nnc(SCc3ccc(Cl)cc3)s2)cc1. The predicted octanol–water partition coefficient (Wildman–Crippen LogP) is 5.24. The fourth-order valence-electron chi connectivity index (χ4n) is 1.84. The van der Waals surface area contributed by atoms with E-state index in [4.69, 9.17) is 16.3 Å². The summed E-state index contributed by atoms with van der Waals surface area (Å²) in [6, 6.07) is 15.5. The summed E-state index contributed by atoms with van der Waals surface area (Å²) in [4.78, 5) is 0. The van der Waals surface area contributed by atoms with Gasteiger partial charge in [0.15, 0.2) is 4.34 Å². The standard InChI is InChI=1S/C16H14ClN3OS2/c1-21-14-8-6-13(7-9-14)18-15-19-20-16(23-15)22-10-11-2-4-12(17)5-3-11/h2-9H,10H2,1H3,(H,18,19). The van der Waals surface area contributed by atoms with Crippen LogP contribution >= 0.6 is 34.7 Å². The first-order valence-corrected chi connectivity index (χ1v) is 9.03. The van der Waals surface area contributed by atoms with Crippen molar-refractivity contribution in [1.82, 2.24) is 10.2 Å². The number of rotatable bonds is 6. The van der Waals surface area contributed by atoms with Crippen LogP contribution in [-0.4, -0.2) is 17.3 Å². The lowest BCUT2D eigenvalue weighted by atomic mass is 10.2. The molecule has 0 aliphatic carbocycles. The minimum atomic E-state index is 0.751. The number of hydrogen-bond donors (Lipinski definition) is 1. The number of aromatic nitrogens is 2. The molecule has 2 aromatic carbocycles. The molecule has 0 radical (unpaired) electrons. The van der Waals surface area contributed by atoms with Crippen molar-refractivity contribution in [3.8, 4) is 5.75 Å². The van der Waals surface area contributed by atoms with Crippen LogP contribution in [-0.2, 0) is 5.75 Å². The Hall–Kier alpha value is -1.76. The maximum absolute atomic E-state index is 5.89. The van der Waals surface area contributed by atoms with Gasteiger partial charge in [0, 0.05) is 16.5 Å². The van der Waals surface area contributed by atoms with E-state index in [2.05, 4.69) is 15.5 Å². The number of anilines is 2. The molecule has 118 valence electrons. The second-order valence-corrected chi connectivity index (χ2v) is 7.28. The molecule has 0 aliphatic rings. The minimum Gasteiger partial charge on any atom is -0.497 e. The van der Waals surface area contributed by atoms with Crippen molar-refractivity contribution in [2.45, 2.75) is 10.1 Å². The highest BCUT2D eigenvalue weighted by molar-refractivity contribution is 8.00. The number of benzene rings is 2. The van der Waals surface area contributed by atoms with Crippen LogP contribution in [0.1, 0.15) is 5.56 Å². The molecule has 0 saturated carbocycles. The van der Waals surface area contributed by atoms with Gasteiger partial charge < -0.3 is 10.1 Å². The summed E-state index contributed by atoms with van der Waals surface area (Å²) in [6.07, 6.45) is 0. The summed E-state index contributed by atoms with van der Waals surface area (Å²) in [5, 5.41) is 13.1. The molecule has 7 heteroatoms. The van der Waals surface area contributed by atoms with Crippen molar-refractivity contribution in [1.29, 1.82) is 0 Å². The van der Waals surface area contributed by atoms with Gasteiger partial charge in [0.2, 0.25) is 5.13 Å². The Kier molecular flexibility index (Phi) is 5.38. The van der Waals surface area contributed by atoms with Gasteiger partial charge in [-0.1, -0.05) is 46.8 Å². The van der Waals surface area contributed by atoms with Crippen LogP contribution in [0.25, 0.3) is 0 Å². The summed E-state index contributed by atoms with van der Waals surface area (Å²) >= 11 is 9.08. The highest BCUT2D eigenvalue weighted by Crippen LogP contribution is 2.30. The lowest BCUT2D eigenvalue weighted by molar-refractivity contribution is 0.415. The van der Waals surface area contributed by atoms with Gasteiger partial charge in [-0.3, -0.25) is 0 Å². The smallest absolute Gasteiger partial charge is 0.210 e. The van der Waals surface area contributed by atoms with Crippen LogP contribution in [0.3, 0.4) is 0 Å². The van der Waals surface area contributed by atoms with E-state index in [9.17, 15) is 0 Å². The first-order chi connectivity index (χ1) is 11.2. The summed E-state index contributed by atoms with van der Waals surface area (Å²) in [5.74, 6) is 1.67. The third-order valence-corrected chi connectivity index (χ3v) is 5.32. The lowest BCUT2D eigenvalue weighted by Crippen LogP contribution is -1.89. The van der Waals surface area contributed by atoms with Crippen LogP contribution < -0.4 is 10.1 Å². The first kappa shape index (κ1) is 16.1. The Labute approximate surface area is 147 Å². The molecule has 0 atom stereocenters. The molecule has 4 nitrogen and oxygen atoms in total. The van der Waals surface area contributed by atoms with Crippen LogP contribution in [0, 0.1) is 0 Å². The molecule has 1 heterocycles. The third-order valence-electron chi connectivity index (χ3n) is 3.02. The number of halogens is 1. The Morgan fingerprint density at radius 2 is 1.83 bits per heavy atom. The van der Waals surface area contributed by atoms with Crippen molar-refractivity contribution in [3.05, 3.63) is 59.1 Å². The summed E-state index contributed by atoms with van der Waals surface area (Å²) in [5.41, 5.74) is 2.16. The van der Waals surface area contributed by atoms with Crippen molar-refractivity contribution in [3.63, 3.8) is 0 Å². The molecule has 0 aliphatic heterocycles. The summed E-state index contributed by atoms with van der Waals surface area (Å²) in [6.45, 7) is 0. The second-order valence-electron chi connectivity index (χ2n) is 4.64. The second kappa shape index (κ2) is 7.68. The Morgan fingerprint density at radius 3 is 2.52 bits per heavy atom. The Bertz CT molecular complexity index is 760. The largest absolute Gasteiger partial charge is 0.497 e. The monoisotopic (exact) mass is 363 g/mol.